The zero-order valence-corrected chi connectivity index (χ0v) is 16.4. The van der Waals surface area contributed by atoms with E-state index in [1.54, 1.807) is 28.0 Å². The molecule has 1 saturated heterocycles. The summed E-state index contributed by atoms with van der Waals surface area (Å²) >= 11 is 0. The molecule has 1 aliphatic heterocycles. The van der Waals surface area contributed by atoms with E-state index in [0.29, 0.717) is 55.6 Å². The van der Waals surface area contributed by atoms with Gasteiger partial charge >= 0.3 is 0 Å². The van der Waals surface area contributed by atoms with E-state index in [9.17, 15) is 10.1 Å². The second kappa shape index (κ2) is 8.10. The van der Waals surface area contributed by atoms with Gasteiger partial charge < -0.3 is 14.5 Å². The zero-order valence-electron chi connectivity index (χ0n) is 16.4. The number of nitriles is 1. The normalized spacial score (nSPS) is 13.7. The summed E-state index contributed by atoms with van der Waals surface area (Å²) < 4.78 is 7.27. The van der Waals surface area contributed by atoms with Crippen molar-refractivity contribution >= 4 is 17.4 Å². The van der Waals surface area contributed by atoms with E-state index >= 15 is 0 Å². The van der Waals surface area contributed by atoms with Crippen LogP contribution in [0.4, 0.5) is 5.95 Å². The number of carbonyl (C=O) groups excluding carboxylic acids is 1. The number of pyridine rings is 1. The van der Waals surface area contributed by atoms with Gasteiger partial charge in [0.25, 0.3) is 5.91 Å². The summed E-state index contributed by atoms with van der Waals surface area (Å²) in [5.74, 6) is 3.08. The van der Waals surface area contributed by atoms with E-state index < -0.39 is 0 Å². The summed E-state index contributed by atoms with van der Waals surface area (Å²) in [5, 5.41) is 13.7. The van der Waals surface area contributed by atoms with Crippen molar-refractivity contribution < 1.29 is 9.53 Å². The van der Waals surface area contributed by atoms with Crippen LogP contribution in [0.25, 0.3) is 16.6 Å². The number of anilines is 1. The fraction of sp³-hybridized carbons (Fsp3) is 0.286. The molecule has 3 aromatic rings. The molecular weight excluding hydrogens is 382 g/mol. The predicted octanol–water partition coefficient (Wildman–Crippen LogP) is 1.34. The van der Waals surface area contributed by atoms with Crippen LogP contribution in [0.15, 0.2) is 30.9 Å². The summed E-state index contributed by atoms with van der Waals surface area (Å²) in [6.07, 6.45) is 11.9. The summed E-state index contributed by atoms with van der Waals surface area (Å²) in [6.45, 7) is 4.71. The quantitative estimate of drug-likeness (QED) is 0.608. The fourth-order valence-corrected chi connectivity index (χ4v) is 3.47. The molecule has 0 spiro atoms. The Bertz CT molecular complexity index is 1160. The minimum absolute atomic E-state index is 0.293. The number of carbonyl (C=O) groups is 1. The molecule has 0 N–H and O–H groups in total. The number of terminal acetylenes is 1. The minimum Gasteiger partial charge on any atom is -0.492 e. The molecule has 0 aliphatic carbocycles. The summed E-state index contributed by atoms with van der Waals surface area (Å²) in [7, 11) is 0. The van der Waals surface area contributed by atoms with E-state index in [1.807, 2.05) is 17.9 Å². The zero-order chi connectivity index (χ0) is 21.1. The third-order valence-corrected chi connectivity index (χ3v) is 4.94. The molecule has 9 heteroatoms. The standard InChI is InChI=1S/C21H19N7O2/c1-3-19(29)26-5-7-27(8-6-26)21-23-11-16(12-24-21)18-9-17(30-4-2)14-28-20(18)15(10-22)13-25-28/h1,9,11-14H,4-8H2,2H3. The number of hydrogen-bond donors (Lipinski definition) is 0. The number of amides is 1. The van der Waals surface area contributed by atoms with Crippen molar-refractivity contribution in [3.05, 3.63) is 36.4 Å². The predicted molar refractivity (Wildman–Crippen MR) is 110 cm³/mol. The highest BCUT2D eigenvalue weighted by molar-refractivity contribution is 5.93. The van der Waals surface area contributed by atoms with Crippen LogP contribution in [0.2, 0.25) is 0 Å². The third kappa shape index (κ3) is 3.49. The van der Waals surface area contributed by atoms with Gasteiger partial charge in [-0.05, 0) is 18.9 Å². The lowest BCUT2D eigenvalue weighted by atomic mass is 10.1. The second-order valence-electron chi connectivity index (χ2n) is 6.68. The van der Waals surface area contributed by atoms with E-state index in [2.05, 4.69) is 27.1 Å². The van der Waals surface area contributed by atoms with Crippen LogP contribution in [0.5, 0.6) is 5.75 Å². The smallest absolute Gasteiger partial charge is 0.298 e. The first-order valence-electron chi connectivity index (χ1n) is 9.51. The molecule has 0 aromatic carbocycles. The van der Waals surface area contributed by atoms with Gasteiger partial charge in [0, 0.05) is 49.7 Å². The molecule has 0 atom stereocenters. The van der Waals surface area contributed by atoms with Gasteiger partial charge in [-0.25, -0.2) is 14.5 Å². The molecular formula is C21H19N7O2. The first kappa shape index (κ1) is 19.2. The number of fused-ring (bicyclic) bond motifs is 1. The third-order valence-electron chi connectivity index (χ3n) is 4.94. The number of hydrogen-bond acceptors (Lipinski definition) is 7. The van der Waals surface area contributed by atoms with E-state index in [1.165, 1.54) is 6.20 Å². The Morgan fingerprint density at radius 1 is 1.23 bits per heavy atom. The average Bonchev–Trinajstić information content (AvgIpc) is 3.21. The number of nitrogens with zero attached hydrogens (tertiary/aromatic N) is 7. The SMILES string of the molecule is C#CC(=O)N1CCN(c2ncc(-c3cc(OCC)cn4ncc(C#N)c34)cn2)CC1. The molecule has 0 saturated carbocycles. The van der Waals surface area contributed by atoms with Gasteiger partial charge in [-0.2, -0.15) is 10.4 Å². The highest BCUT2D eigenvalue weighted by Crippen LogP contribution is 2.30. The molecule has 3 aromatic heterocycles. The van der Waals surface area contributed by atoms with Gasteiger partial charge in [0.15, 0.2) is 0 Å². The fourth-order valence-electron chi connectivity index (χ4n) is 3.47. The highest BCUT2D eigenvalue weighted by atomic mass is 16.5. The van der Waals surface area contributed by atoms with Crippen molar-refractivity contribution in [2.24, 2.45) is 0 Å². The molecule has 0 unspecified atom stereocenters. The first-order valence-corrected chi connectivity index (χ1v) is 9.51. The summed E-state index contributed by atoms with van der Waals surface area (Å²) in [4.78, 5) is 24.3. The molecule has 0 bridgehead atoms. The van der Waals surface area contributed by atoms with Gasteiger partial charge in [0.2, 0.25) is 5.95 Å². The monoisotopic (exact) mass is 401 g/mol. The molecule has 150 valence electrons. The highest BCUT2D eigenvalue weighted by Gasteiger charge is 2.22. The van der Waals surface area contributed by atoms with Crippen molar-refractivity contribution in [1.29, 1.82) is 5.26 Å². The Balaban J connectivity index is 1.63. The Labute approximate surface area is 173 Å². The number of piperazine rings is 1. The minimum atomic E-state index is -0.293. The van der Waals surface area contributed by atoms with Crippen LogP contribution in [0.3, 0.4) is 0 Å². The van der Waals surface area contributed by atoms with Gasteiger partial charge in [-0.3, -0.25) is 4.79 Å². The maximum atomic E-state index is 11.6. The van der Waals surface area contributed by atoms with Gasteiger partial charge in [-0.15, -0.1) is 6.42 Å². The van der Waals surface area contributed by atoms with Gasteiger partial charge in [0.1, 0.15) is 11.8 Å². The van der Waals surface area contributed by atoms with Crippen LogP contribution in [-0.2, 0) is 4.79 Å². The molecule has 30 heavy (non-hydrogen) atoms. The number of aromatic nitrogens is 4. The van der Waals surface area contributed by atoms with Crippen LogP contribution in [0.1, 0.15) is 12.5 Å². The van der Waals surface area contributed by atoms with Crippen LogP contribution < -0.4 is 9.64 Å². The van der Waals surface area contributed by atoms with E-state index in [4.69, 9.17) is 11.2 Å². The van der Waals surface area contributed by atoms with Crippen molar-refractivity contribution in [2.45, 2.75) is 6.92 Å². The molecule has 1 amide bonds. The van der Waals surface area contributed by atoms with Gasteiger partial charge in [-0.1, -0.05) is 0 Å². The largest absolute Gasteiger partial charge is 0.492 e. The molecule has 1 fully saturated rings. The summed E-state index contributed by atoms with van der Waals surface area (Å²) in [5.41, 5.74) is 2.67. The average molecular weight is 401 g/mol. The van der Waals surface area contributed by atoms with Crippen molar-refractivity contribution in [3.8, 4) is 35.3 Å². The molecule has 0 radical (unpaired) electrons. The Hall–Kier alpha value is -4.11. The first-order chi connectivity index (χ1) is 14.6. The Morgan fingerprint density at radius 2 is 1.97 bits per heavy atom. The van der Waals surface area contributed by atoms with Gasteiger partial charge in [0.05, 0.1) is 30.1 Å². The van der Waals surface area contributed by atoms with Crippen molar-refractivity contribution in [2.75, 3.05) is 37.7 Å². The molecule has 1 aliphatic rings. The maximum Gasteiger partial charge on any atom is 0.298 e. The topological polar surface area (TPSA) is 99.6 Å². The molecule has 4 heterocycles. The molecule has 4 rings (SSSR count). The lowest BCUT2D eigenvalue weighted by molar-refractivity contribution is -0.125. The Morgan fingerprint density at radius 3 is 2.60 bits per heavy atom. The lowest BCUT2D eigenvalue weighted by Gasteiger charge is -2.33. The van der Waals surface area contributed by atoms with E-state index in [0.717, 1.165) is 11.1 Å². The van der Waals surface area contributed by atoms with E-state index in [-0.39, 0.29) is 5.91 Å². The lowest BCUT2D eigenvalue weighted by Crippen LogP contribution is -2.48. The van der Waals surface area contributed by atoms with Crippen LogP contribution in [0, 0.1) is 23.7 Å². The second-order valence-corrected chi connectivity index (χ2v) is 6.68. The maximum absolute atomic E-state index is 11.6. The van der Waals surface area contributed by atoms with Crippen LogP contribution in [-0.4, -0.2) is 63.2 Å². The number of rotatable bonds is 4. The van der Waals surface area contributed by atoms with Crippen molar-refractivity contribution in [1.82, 2.24) is 24.5 Å². The molecule has 9 nitrogen and oxygen atoms in total. The van der Waals surface area contributed by atoms with Crippen molar-refractivity contribution in [3.63, 3.8) is 0 Å². The Kier molecular flexibility index (Phi) is 5.19. The number of ether oxygens (including phenoxy) is 1. The van der Waals surface area contributed by atoms with Crippen LogP contribution >= 0.6 is 0 Å². The summed E-state index contributed by atoms with van der Waals surface area (Å²) in [6, 6.07) is 4.04.